The van der Waals surface area contributed by atoms with E-state index in [-0.39, 0.29) is 24.5 Å². The Morgan fingerprint density at radius 3 is 2.43 bits per heavy atom. The Kier molecular flexibility index (Phi) is 5.53. The normalized spacial score (nSPS) is 16.6. The third kappa shape index (κ3) is 4.91. The maximum atomic E-state index is 12.4. The van der Waals surface area contributed by atoms with Gasteiger partial charge in [-0.05, 0) is 37.3 Å². The number of anilines is 1. The smallest absolute Gasteiger partial charge is 0.303 e. The van der Waals surface area contributed by atoms with Crippen LogP contribution in [0.4, 0.5) is 5.69 Å². The zero-order chi connectivity index (χ0) is 16.9. The van der Waals surface area contributed by atoms with Crippen molar-refractivity contribution in [1.29, 1.82) is 0 Å². The topological polar surface area (TPSA) is 83.5 Å². The SMILES string of the molecule is CC(=O)c1cccc(NC(=O)CC2(CC(=O)O)CCCCC2)c1. The number of benzene rings is 1. The van der Waals surface area contributed by atoms with Gasteiger partial charge in [-0.25, -0.2) is 0 Å². The van der Waals surface area contributed by atoms with Gasteiger partial charge in [0.25, 0.3) is 0 Å². The molecule has 2 N–H and O–H groups in total. The lowest BCUT2D eigenvalue weighted by atomic mass is 9.69. The number of carboxylic acids is 1. The molecular weight excluding hydrogens is 294 g/mol. The second kappa shape index (κ2) is 7.40. The zero-order valence-corrected chi connectivity index (χ0v) is 13.4. The second-order valence-electron chi connectivity index (χ2n) is 6.49. The van der Waals surface area contributed by atoms with Gasteiger partial charge in [-0.15, -0.1) is 0 Å². The summed E-state index contributed by atoms with van der Waals surface area (Å²) in [6.45, 7) is 1.48. The Bertz CT molecular complexity index is 603. The minimum Gasteiger partial charge on any atom is -0.481 e. The first kappa shape index (κ1) is 17.2. The molecule has 0 atom stereocenters. The van der Waals surface area contributed by atoms with Crippen molar-refractivity contribution in [1.82, 2.24) is 0 Å². The van der Waals surface area contributed by atoms with Crippen LogP contribution in [0.3, 0.4) is 0 Å². The Morgan fingerprint density at radius 2 is 1.83 bits per heavy atom. The van der Waals surface area contributed by atoms with E-state index >= 15 is 0 Å². The number of hydrogen-bond donors (Lipinski definition) is 2. The minimum absolute atomic E-state index is 0.0356. The summed E-state index contributed by atoms with van der Waals surface area (Å²) in [5.74, 6) is -1.09. The molecule has 0 aromatic heterocycles. The molecule has 124 valence electrons. The van der Waals surface area contributed by atoms with Crippen LogP contribution in [0.5, 0.6) is 0 Å². The molecule has 0 bridgehead atoms. The van der Waals surface area contributed by atoms with E-state index in [4.69, 9.17) is 5.11 Å². The van der Waals surface area contributed by atoms with Crippen molar-refractivity contribution in [2.45, 2.75) is 51.9 Å². The van der Waals surface area contributed by atoms with E-state index in [1.54, 1.807) is 24.3 Å². The fourth-order valence-electron chi connectivity index (χ4n) is 3.40. The van der Waals surface area contributed by atoms with E-state index in [1.807, 2.05) is 0 Å². The first-order valence-electron chi connectivity index (χ1n) is 8.03. The van der Waals surface area contributed by atoms with Crippen LogP contribution in [0, 0.1) is 5.41 Å². The summed E-state index contributed by atoms with van der Waals surface area (Å²) in [6, 6.07) is 6.80. The molecule has 23 heavy (non-hydrogen) atoms. The van der Waals surface area contributed by atoms with Crippen LogP contribution in [-0.2, 0) is 9.59 Å². The predicted octanol–water partition coefficient (Wildman–Crippen LogP) is 3.64. The van der Waals surface area contributed by atoms with E-state index in [2.05, 4.69) is 5.32 Å². The molecule has 1 aromatic carbocycles. The highest BCUT2D eigenvalue weighted by molar-refractivity contribution is 5.97. The number of rotatable bonds is 6. The number of carbonyl (C=O) groups excluding carboxylic acids is 2. The van der Waals surface area contributed by atoms with Crippen LogP contribution >= 0.6 is 0 Å². The third-order valence-electron chi connectivity index (χ3n) is 4.53. The van der Waals surface area contributed by atoms with Crippen LogP contribution in [-0.4, -0.2) is 22.8 Å². The van der Waals surface area contributed by atoms with Crippen LogP contribution in [0.1, 0.15) is 62.2 Å². The molecular formula is C18H23NO4. The van der Waals surface area contributed by atoms with Crippen molar-refractivity contribution < 1.29 is 19.5 Å². The van der Waals surface area contributed by atoms with Gasteiger partial charge in [-0.3, -0.25) is 14.4 Å². The largest absolute Gasteiger partial charge is 0.481 e. The highest BCUT2D eigenvalue weighted by atomic mass is 16.4. The van der Waals surface area contributed by atoms with Gasteiger partial charge in [0.05, 0.1) is 6.42 Å². The Balaban J connectivity index is 2.05. The summed E-state index contributed by atoms with van der Waals surface area (Å²) in [4.78, 5) is 34.9. The summed E-state index contributed by atoms with van der Waals surface area (Å²) >= 11 is 0. The Labute approximate surface area is 136 Å². The Morgan fingerprint density at radius 1 is 1.13 bits per heavy atom. The number of nitrogens with one attached hydrogen (secondary N) is 1. The van der Waals surface area contributed by atoms with Crippen molar-refractivity contribution in [3.8, 4) is 0 Å². The molecule has 0 radical (unpaired) electrons. The van der Waals surface area contributed by atoms with Gasteiger partial charge in [0.15, 0.2) is 5.78 Å². The molecule has 2 rings (SSSR count). The van der Waals surface area contributed by atoms with Gasteiger partial charge in [0.1, 0.15) is 0 Å². The van der Waals surface area contributed by atoms with Gasteiger partial charge < -0.3 is 10.4 Å². The maximum absolute atomic E-state index is 12.4. The fraction of sp³-hybridized carbons (Fsp3) is 0.500. The maximum Gasteiger partial charge on any atom is 0.303 e. The van der Waals surface area contributed by atoms with Crippen molar-refractivity contribution in [3.63, 3.8) is 0 Å². The monoisotopic (exact) mass is 317 g/mol. The number of Topliss-reactive ketones (excluding diaryl/α,β-unsaturated/α-hetero) is 1. The molecule has 0 spiro atoms. The molecule has 1 aromatic rings. The molecule has 0 aliphatic heterocycles. The molecule has 0 unspecified atom stereocenters. The summed E-state index contributed by atoms with van der Waals surface area (Å²) in [7, 11) is 0. The van der Waals surface area contributed by atoms with E-state index in [1.165, 1.54) is 6.92 Å². The van der Waals surface area contributed by atoms with E-state index in [9.17, 15) is 14.4 Å². The lowest BCUT2D eigenvalue weighted by molar-refractivity contribution is -0.140. The standard InChI is InChI=1S/C18H23NO4/c1-13(20)14-6-5-7-15(10-14)19-16(21)11-18(12-17(22)23)8-3-2-4-9-18/h5-7,10H,2-4,8-9,11-12H2,1H3,(H,19,21)(H,22,23). The molecule has 0 heterocycles. The summed E-state index contributed by atoms with van der Waals surface area (Å²) in [5.41, 5.74) is 0.677. The number of carboxylic acid groups (broad SMARTS) is 1. The molecule has 0 saturated heterocycles. The van der Waals surface area contributed by atoms with Crippen molar-refractivity contribution in [2.24, 2.45) is 5.41 Å². The van der Waals surface area contributed by atoms with Crippen LogP contribution in [0.15, 0.2) is 24.3 Å². The van der Waals surface area contributed by atoms with Crippen molar-refractivity contribution in [3.05, 3.63) is 29.8 Å². The molecule has 1 amide bonds. The first-order valence-corrected chi connectivity index (χ1v) is 8.03. The van der Waals surface area contributed by atoms with Gasteiger partial charge in [0, 0.05) is 17.7 Å². The minimum atomic E-state index is -0.849. The number of amides is 1. The number of hydrogen-bond acceptors (Lipinski definition) is 3. The molecule has 1 aliphatic rings. The first-order chi connectivity index (χ1) is 10.9. The van der Waals surface area contributed by atoms with Crippen molar-refractivity contribution in [2.75, 3.05) is 5.32 Å². The van der Waals surface area contributed by atoms with Crippen molar-refractivity contribution >= 4 is 23.3 Å². The fourth-order valence-corrected chi connectivity index (χ4v) is 3.40. The third-order valence-corrected chi connectivity index (χ3v) is 4.53. The van der Waals surface area contributed by atoms with Crippen LogP contribution < -0.4 is 5.32 Å². The number of aliphatic carboxylic acids is 1. The average molecular weight is 317 g/mol. The van der Waals surface area contributed by atoms with E-state index < -0.39 is 11.4 Å². The molecule has 1 fully saturated rings. The highest BCUT2D eigenvalue weighted by Crippen LogP contribution is 2.42. The average Bonchev–Trinajstić information content (AvgIpc) is 2.47. The molecule has 5 nitrogen and oxygen atoms in total. The lowest BCUT2D eigenvalue weighted by Gasteiger charge is -2.35. The summed E-state index contributed by atoms with van der Waals surface area (Å²) < 4.78 is 0. The number of ketones is 1. The van der Waals surface area contributed by atoms with Crippen LogP contribution in [0.2, 0.25) is 0 Å². The van der Waals surface area contributed by atoms with Gasteiger partial charge in [0.2, 0.25) is 5.91 Å². The van der Waals surface area contributed by atoms with Crippen LogP contribution in [0.25, 0.3) is 0 Å². The molecule has 1 saturated carbocycles. The second-order valence-corrected chi connectivity index (χ2v) is 6.49. The highest BCUT2D eigenvalue weighted by Gasteiger charge is 2.36. The molecule has 5 heteroatoms. The quantitative estimate of drug-likeness (QED) is 0.785. The van der Waals surface area contributed by atoms with Gasteiger partial charge in [-0.1, -0.05) is 31.4 Å². The lowest BCUT2D eigenvalue weighted by Crippen LogP contribution is -2.32. The van der Waals surface area contributed by atoms with Gasteiger partial charge in [-0.2, -0.15) is 0 Å². The van der Waals surface area contributed by atoms with Gasteiger partial charge >= 0.3 is 5.97 Å². The van der Waals surface area contributed by atoms with E-state index in [0.29, 0.717) is 11.3 Å². The predicted molar refractivity (Wildman–Crippen MR) is 87.5 cm³/mol. The Hall–Kier alpha value is -2.17. The molecule has 1 aliphatic carbocycles. The van der Waals surface area contributed by atoms with E-state index in [0.717, 1.165) is 32.1 Å². The number of carbonyl (C=O) groups is 3. The summed E-state index contributed by atoms with van der Waals surface area (Å²) in [6.07, 6.45) is 4.85. The summed E-state index contributed by atoms with van der Waals surface area (Å²) in [5, 5.41) is 12.0. The zero-order valence-electron chi connectivity index (χ0n) is 13.4.